The molecule has 1 aromatic rings. The molecule has 0 saturated carbocycles. The maximum Gasteiger partial charge on any atom is 0.312 e. The van der Waals surface area contributed by atoms with Gasteiger partial charge in [0.15, 0.2) is 4.90 Å². The molecule has 0 unspecified atom stereocenters. The second-order valence-electron chi connectivity index (χ2n) is 5.10. The van der Waals surface area contributed by atoms with E-state index in [-0.39, 0.29) is 5.69 Å². The number of sulfonamides is 1. The molecule has 1 aromatic carbocycles. The third-order valence-electron chi connectivity index (χ3n) is 3.33. The van der Waals surface area contributed by atoms with Gasteiger partial charge in [0, 0.05) is 14.1 Å². The van der Waals surface area contributed by atoms with E-state index in [9.17, 15) is 23.6 Å². The van der Waals surface area contributed by atoms with Crippen LogP contribution in [0.25, 0.3) is 0 Å². The topological polar surface area (TPSA) is 113 Å². The van der Waals surface area contributed by atoms with Crippen molar-refractivity contribution in [1.82, 2.24) is 4.31 Å². The third kappa shape index (κ3) is 3.14. The van der Waals surface area contributed by atoms with E-state index in [1.165, 1.54) is 46.1 Å². The molecule has 0 atom stereocenters. The van der Waals surface area contributed by atoms with Crippen LogP contribution in [0.3, 0.4) is 0 Å². The molecule has 0 aliphatic heterocycles. The number of nitro groups is 1. The molecule has 0 fully saturated rings. The number of rotatable bonds is 6. The molecule has 0 aliphatic rings. The monoisotopic (exact) mass is 317 g/mol. The van der Waals surface area contributed by atoms with Gasteiger partial charge in [-0.05, 0) is 26.0 Å². The van der Waals surface area contributed by atoms with E-state index in [0.29, 0.717) is 0 Å². The molecule has 0 aromatic heterocycles. The molecule has 0 aliphatic carbocycles. The molecule has 0 radical (unpaired) electrons. The average molecular weight is 317 g/mol. The first-order valence-corrected chi connectivity index (χ1v) is 7.58. The predicted molar refractivity (Wildman–Crippen MR) is 78.8 cm³/mol. The van der Waals surface area contributed by atoms with E-state index in [1.807, 2.05) is 0 Å². The Hall–Kier alpha value is -1.71. The van der Waals surface area contributed by atoms with Crippen LogP contribution in [0.5, 0.6) is 0 Å². The van der Waals surface area contributed by atoms with Crippen molar-refractivity contribution >= 4 is 21.4 Å². The summed E-state index contributed by atoms with van der Waals surface area (Å²) in [7, 11) is -1.37. The summed E-state index contributed by atoms with van der Waals surface area (Å²) < 4.78 is 26.2. The van der Waals surface area contributed by atoms with E-state index in [1.54, 1.807) is 0 Å². The molecule has 0 bridgehead atoms. The molecule has 8 nitrogen and oxygen atoms in total. The van der Waals surface area contributed by atoms with Crippen molar-refractivity contribution in [3.63, 3.8) is 0 Å². The fourth-order valence-electron chi connectivity index (χ4n) is 1.69. The number of nitro benzene ring substituents is 1. The number of likely N-dealkylation sites (N-methyl/N-ethyl adjacent to an activating group) is 1. The van der Waals surface area contributed by atoms with Gasteiger partial charge in [0.25, 0.3) is 0 Å². The largest absolute Gasteiger partial charge is 0.394 e. The lowest BCUT2D eigenvalue weighted by atomic mass is 10.1. The molecular weight excluding hydrogens is 298 g/mol. The van der Waals surface area contributed by atoms with Crippen molar-refractivity contribution in [3.8, 4) is 0 Å². The first kappa shape index (κ1) is 17.3. The molecular formula is C12H19N3O5S. The summed E-state index contributed by atoms with van der Waals surface area (Å²) in [6.07, 6.45) is 0. The first-order chi connectivity index (χ1) is 9.59. The van der Waals surface area contributed by atoms with Gasteiger partial charge in [0.1, 0.15) is 5.69 Å². The van der Waals surface area contributed by atoms with Crippen LogP contribution in [0.4, 0.5) is 11.4 Å². The fraction of sp³-hybridized carbons (Fsp3) is 0.500. The Morgan fingerprint density at radius 1 is 1.43 bits per heavy atom. The van der Waals surface area contributed by atoms with Gasteiger partial charge in [-0.25, -0.2) is 8.42 Å². The summed E-state index contributed by atoms with van der Waals surface area (Å²) in [5.41, 5.74) is -1.49. The zero-order valence-electron chi connectivity index (χ0n) is 12.3. The number of nitrogens with one attached hydrogen (secondary N) is 1. The van der Waals surface area contributed by atoms with Crippen LogP contribution in [0.15, 0.2) is 23.1 Å². The van der Waals surface area contributed by atoms with E-state index in [4.69, 9.17) is 0 Å². The van der Waals surface area contributed by atoms with E-state index < -0.39 is 37.7 Å². The minimum absolute atomic E-state index is 0.108. The second kappa shape index (κ2) is 5.96. The van der Waals surface area contributed by atoms with Gasteiger partial charge >= 0.3 is 5.69 Å². The Labute approximate surface area is 123 Å². The summed E-state index contributed by atoms with van der Waals surface area (Å²) in [4.78, 5) is 10.1. The first-order valence-electron chi connectivity index (χ1n) is 6.14. The Balaban J connectivity index is 3.56. The van der Waals surface area contributed by atoms with Crippen molar-refractivity contribution in [3.05, 3.63) is 28.3 Å². The maximum absolute atomic E-state index is 12.6. The Morgan fingerprint density at radius 2 is 2.00 bits per heavy atom. The highest BCUT2D eigenvalue weighted by molar-refractivity contribution is 7.89. The maximum atomic E-state index is 12.6. The summed E-state index contributed by atoms with van der Waals surface area (Å²) >= 11 is 0. The number of para-hydroxylation sites is 1. The Kier molecular flexibility index (Phi) is 4.92. The molecule has 118 valence electrons. The van der Waals surface area contributed by atoms with Crippen molar-refractivity contribution in [2.75, 3.05) is 26.0 Å². The lowest BCUT2D eigenvalue weighted by Crippen LogP contribution is -2.47. The zero-order valence-corrected chi connectivity index (χ0v) is 13.1. The van der Waals surface area contributed by atoms with Crippen LogP contribution < -0.4 is 5.32 Å². The SMILES string of the molecule is CNc1cccc(S(=O)(=O)N(C)C(C)(C)CO)c1[N+](=O)[O-]. The van der Waals surface area contributed by atoms with Crippen molar-refractivity contribution in [2.45, 2.75) is 24.3 Å². The molecule has 0 heterocycles. The number of benzene rings is 1. The van der Waals surface area contributed by atoms with Gasteiger partial charge in [0.05, 0.1) is 17.1 Å². The van der Waals surface area contributed by atoms with Gasteiger partial charge in [-0.1, -0.05) is 6.07 Å². The summed E-state index contributed by atoms with van der Waals surface area (Å²) in [5, 5.41) is 23.1. The average Bonchev–Trinajstić information content (AvgIpc) is 2.45. The van der Waals surface area contributed by atoms with Gasteiger partial charge in [-0.3, -0.25) is 10.1 Å². The van der Waals surface area contributed by atoms with Gasteiger partial charge in [-0.2, -0.15) is 4.31 Å². The van der Waals surface area contributed by atoms with E-state index >= 15 is 0 Å². The molecule has 2 N–H and O–H groups in total. The molecule has 0 amide bonds. The summed E-state index contributed by atoms with van der Waals surface area (Å²) in [6.45, 7) is 2.64. The van der Waals surface area contributed by atoms with E-state index in [2.05, 4.69) is 5.32 Å². The van der Waals surface area contributed by atoms with Crippen LogP contribution in [0, 0.1) is 10.1 Å². The predicted octanol–water partition coefficient (Wildman–Crippen LogP) is 1.03. The zero-order chi connectivity index (χ0) is 16.4. The summed E-state index contributed by atoms with van der Waals surface area (Å²) in [6, 6.07) is 4.03. The summed E-state index contributed by atoms with van der Waals surface area (Å²) in [5.74, 6) is 0. The molecule has 0 saturated heterocycles. The Morgan fingerprint density at radius 3 is 2.43 bits per heavy atom. The van der Waals surface area contributed by atoms with Crippen LogP contribution in [-0.4, -0.2) is 49.0 Å². The molecule has 9 heteroatoms. The normalized spacial score (nSPS) is 12.5. The lowest BCUT2D eigenvalue weighted by molar-refractivity contribution is -0.386. The van der Waals surface area contributed by atoms with Gasteiger partial charge in [-0.15, -0.1) is 0 Å². The minimum Gasteiger partial charge on any atom is -0.394 e. The quantitative estimate of drug-likeness (QED) is 0.598. The number of nitrogens with zero attached hydrogens (tertiary/aromatic N) is 2. The fourth-order valence-corrected chi connectivity index (χ4v) is 3.38. The highest BCUT2D eigenvalue weighted by atomic mass is 32.2. The number of aliphatic hydroxyl groups excluding tert-OH is 1. The van der Waals surface area contributed by atoms with Crippen molar-refractivity contribution in [2.24, 2.45) is 0 Å². The van der Waals surface area contributed by atoms with Crippen LogP contribution >= 0.6 is 0 Å². The van der Waals surface area contributed by atoms with Gasteiger partial charge in [0.2, 0.25) is 10.0 Å². The molecule has 1 rings (SSSR count). The minimum atomic E-state index is -4.13. The van der Waals surface area contributed by atoms with Crippen LogP contribution in [0.2, 0.25) is 0 Å². The Bertz CT molecular complexity index is 642. The van der Waals surface area contributed by atoms with E-state index in [0.717, 1.165) is 4.31 Å². The molecule has 21 heavy (non-hydrogen) atoms. The standard InChI is InChI=1S/C12H19N3O5S/c1-12(2,8-16)14(4)21(19,20)10-7-5-6-9(13-3)11(10)15(17)18/h5-7,13,16H,8H2,1-4H3. The van der Waals surface area contributed by atoms with Crippen LogP contribution in [0.1, 0.15) is 13.8 Å². The number of hydrogen-bond donors (Lipinski definition) is 2. The number of anilines is 1. The van der Waals surface area contributed by atoms with Crippen LogP contribution in [-0.2, 0) is 10.0 Å². The molecule has 0 spiro atoms. The highest BCUT2D eigenvalue weighted by Crippen LogP contribution is 2.34. The smallest absolute Gasteiger partial charge is 0.312 e. The second-order valence-corrected chi connectivity index (χ2v) is 7.04. The number of aliphatic hydroxyl groups is 1. The van der Waals surface area contributed by atoms with Crippen molar-refractivity contribution in [1.29, 1.82) is 0 Å². The third-order valence-corrected chi connectivity index (χ3v) is 5.43. The highest BCUT2D eigenvalue weighted by Gasteiger charge is 2.38. The van der Waals surface area contributed by atoms with Gasteiger partial charge < -0.3 is 10.4 Å². The lowest BCUT2D eigenvalue weighted by Gasteiger charge is -2.32. The van der Waals surface area contributed by atoms with Crippen molar-refractivity contribution < 1.29 is 18.4 Å². The number of hydrogen-bond acceptors (Lipinski definition) is 6.